The van der Waals surface area contributed by atoms with Crippen molar-refractivity contribution < 1.29 is 9.59 Å². The van der Waals surface area contributed by atoms with Gasteiger partial charge in [0, 0.05) is 0 Å². The van der Waals surface area contributed by atoms with Crippen LogP contribution in [0, 0.1) is 0 Å². The molecule has 0 spiro atoms. The Morgan fingerprint density at radius 3 is 1.20 bits per heavy atom. The van der Waals surface area contributed by atoms with Gasteiger partial charge in [0.15, 0.2) is 0 Å². The fourth-order valence-electron chi connectivity index (χ4n) is 0.173. The Bertz CT molecular complexity index is 189. The maximum Gasteiger partial charge on any atom is 0.260 e. The van der Waals surface area contributed by atoms with Gasteiger partial charge < -0.3 is 0 Å². The number of allylic oxidation sites excluding steroid dienone is 2. The predicted octanol–water partition coefficient (Wildman–Crippen LogP) is 2.52. The molecule has 10 heavy (non-hydrogen) atoms. The van der Waals surface area contributed by atoms with Gasteiger partial charge in [-0.15, -0.1) is 0 Å². The van der Waals surface area contributed by atoms with E-state index < -0.39 is 10.5 Å². The fraction of sp³-hybridized carbons (Fsp3) is 0. The number of carbonyl (C=O) groups is 2. The van der Waals surface area contributed by atoms with Gasteiger partial charge in [0.05, 0.1) is 8.96 Å². The molecule has 0 aliphatic carbocycles. The van der Waals surface area contributed by atoms with E-state index in [1.54, 1.807) is 0 Å². The van der Waals surface area contributed by atoms with Gasteiger partial charge in [-0.25, -0.2) is 0 Å². The molecule has 0 aromatic rings. The number of rotatable bonds is 2. The van der Waals surface area contributed by atoms with Crippen LogP contribution in [0.4, 0.5) is 0 Å². The quantitative estimate of drug-likeness (QED) is 0.580. The molecule has 0 heterocycles. The van der Waals surface area contributed by atoms with Gasteiger partial charge in [-0.05, 0) is 55.1 Å². The van der Waals surface area contributed by atoms with Gasteiger partial charge in [-0.2, -0.15) is 0 Å². The molecule has 2 nitrogen and oxygen atoms in total. The molecule has 0 rings (SSSR count). The fourth-order valence-corrected chi connectivity index (χ4v) is 0.950. The maximum absolute atomic E-state index is 10.3. The summed E-state index contributed by atoms with van der Waals surface area (Å²) in [5.74, 6) is 0. The van der Waals surface area contributed by atoms with Crippen molar-refractivity contribution in [2.75, 3.05) is 0 Å². The molecular formula is C4Br2Cl2O2. The van der Waals surface area contributed by atoms with Gasteiger partial charge in [0.1, 0.15) is 0 Å². The van der Waals surface area contributed by atoms with Gasteiger partial charge >= 0.3 is 0 Å². The van der Waals surface area contributed by atoms with Crippen molar-refractivity contribution >= 4 is 65.5 Å². The van der Waals surface area contributed by atoms with Crippen LogP contribution in [-0.2, 0) is 9.59 Å². The van der Waals surface area contributed by atoms with E-state index in [1.165, 1.54) is 0 Å². The highest BCUT2D eigenvalue weighted by Crippen LogP contribution is 2.22. The summed E-state index contributed by atoms with van der Waals surface area (Å²) in [4.78, 5) is 20.6. The van der Waals surface area contributed by atoms with Crippen LogP contribution in [0.2, 0.25) is 0 Å². The lowest BCUT2D eigenvalue weighted by Gasteiger charge is -1.90. The average Bonchev–Trinajstić information content (AvgIpc) is 1.84. The molecule has 0 aromatic carbocycles. The molecule has 0 saturated carbocycles. The predicted molar refractivity (Wildman–Crippen MR) is 46.6 cm³/mol. The second-order valence-corrected chi connectivity index (χ2v) is 3.45. The van der Waals surface area contributed by atoms with Crippen LogP contribution in [0.1, 0.15) is 0 Å². The van der Waals surface area contributed by atoms with E-state index in [4.69, 9.17) is 23.2 Å². The molecule has 6 heteroatoms. The van der Waals surface area contributed by atoms with E-state index in [2.05, 4.69) is 31.9 Å². The van der Waals surface area contributed by atoms with Crippen molar-refractivity contribution in [2.24, 2.45) is 0 Å². The molecule has 0 aliphatic heterocycles. The van der Waals surface area contributed by atoms with Crippen molar-refractivity contribution in [3.05, 3.63) is 8.96 Å². The van der Waals surface area contributed by atoms with Gasteiger partial charge in [-0.1, -0.05) is 0 Å². The summed E-state index contributed by atoms with van der Waals surface area (Å²) in [7, 11) is 0. The van der Waals surface area contributed by atoms with E-state index in [0.29, 0.717) is 0 Å². The molecule has 0 saturated heterocycles. The number of hydrogen-bond acceptors (Lipinski definition) is 2. The summed E-state index contributed by atoms with van der Waals surface area (Å²) in [6.45, 7) is 0. The SMILES string of the molecule is O=C(Cl)C(Br)=C(Br)C(=O)Cl. The highest BCUT2D eigenvalue weighted by atomic mass is 79.9. The zero-order chi connectivity index (χ0) is 8.31. The molecule has 0 N–H and O–H groups in total. The third-order valence-electron chi connectivity index (χ3n) is 0.538. The average molecular weight is 311 g/mol. The highest BCUT2D eigenvalue weighted by molar-refractivity contribution is 9.14. The molecule has 0 radical (unpaired) electrons. The first kappa shape index (κ1) is 10.6. The van der Waals surface area contributed by atoms with Crippen molar-refractivity contribution in [1.29, 1.82) is 0 Å². The summed E-state index contributed by atoms with van der Waals surface area (Å²) in [5, 5.41) is -1.55. The molecule has 0 bridgehead atoms. The highest BCUT2D eigenvalue weighted by Gasteiger charge is 2.12. The van der Waals surface area contributed by atoms with Crippen molar-refractivity contribution in [3.8, 4) is 0 Å². The zero-order valence-corrected chi connectivity index (χ0v) is 9.01. The zero-order valence-electron chi connectivity index (χ0n) is 4.33. The lowest BCUT2D eigenvalue weighted by atomic mass is 10.5. The van der Waals surface area contributed by atoms with Crippen molar-refractivity contribution in [2.45, 2.75) is 0 Å². The van der Waals surface area contributed by atoms with E-state index in [0.717, 1.165) is 0 Å². The van der Waals surface area contributed by atoms with Crippen LogP contribution in [0.15, 0.2) is 8.96 Å². The largest absolute Gasteiger partial charge is 0.275 e. The number of hydrogen-bond donors (Lipinski definition) is 0. The number of carbonyl (C=O) groups excluding carboxylic acids is 2. The second-order valence-electron chi connectivity index (χ2n) is 1.18. The molecule has 0 aromatic heterocycles. The summed E-state index contributed by atoms with van der Waals surface area (Å²) >= 11 is 15.5. The van der Waals surface area contributed by atoms with Crippen molar-refractivity contribution in [1.82, 2.24) is 0 Å². The maximum atomic E-state index is 10.3. The van der Waals surface area contributed by atoms with E-state index in [9.17, 15) is 9.59 Å². The third kappa shape index (κ3) is 3.14. The van der Waals surface area contributed by atoms with Gasteiger partial charge in [0.25, 0.3) is 10.5 Å². The first-order chi connectivity index (χ1) is 4.46. The third-order valence-corrected chi connectivity index (χ3v) is 3.42. The van der Waals surface area contributed by atoms with Crippen LogP contribution in [0.5, 0.6) is 0 Å². The minimum absolute atomic E-state index is 0.0748. The standard InChI is InChI=1S/C4Br2Cl2O2/c5-1(3(7)9)2(6)4(8)10. The van der Waals surface area contributed by atoms with Crippen LogP contribution in [0.25, 0.3) is 0 Å². The van der Waals surface area contributed by atoms with E-state index in [1.807, 2.05) is 0 Å². The van der Waals surface area contributed by atoms with Crippen LogP contribution in [0.3, 0.4) is 0 Å². The molecule has 0 unspecified atom stereocenters. The topological polar surface area (TPSA) is 34.1 Å². The van der Waals surface area contributed by atoms with Crippen LogP contribution < -0.4 is 0 Å². The monoisotopic (exact) mass is 308 g/mol. The van der Waals surface area contributed by atoms with E-state index >= 15 is 0 Å². The van der Waals surface area contributed by atoms with E-state index in [-0.39, 0.29) is 8.96 Å². The summed E-state index contributed by atoms with van der Waals surface area (Å²) in [6, 6.07) is 0. The van der Waals surface area contributed by atoms with Gasteiger partial charge in [-0.3, -0.25) is 9.59 Å². The lowest BCUT2D eigenvalue weighted by Crippen LogP contribution is -1.93. The molecule has 0 atom stereocenters. The first-order valence-corrected chi connectivity index (χ1v) is 4.26. The summed E-state index contributed by atoms with van der Waals surface area (Å²) in [5.41, 5.74) is 0. The minimum atomic E-state index is -0.777. The van der Waals surface area contributed by atoms with Gasteiger partial charge in [0.2, 0.25) is 0 Å². The van der Waals surface area contributed by atoms with Crippen molar-refractivity contribution in [3.63, 3.8) is 0 Å². The second kappa shape index (κ2) is 4.49. The number of halogens is 4. The Balaban J connectivity index is 4.67. The molecule has 0 amide bonds. The minimum Gasteiger partial charge on any atom is -0.275 e. The Labute approximate surface area is 83.8 Å². The Morgan fingerprint density at radius 1 is 0.900 bits per heavy atom. The smallest absolute Gasteiger partial charge is 0.260 e. The molecule has 56 valence electrons. The molecule has 0 aliphatic rings. The normalized spacial score (nSPS) is 12.4. The lowest BCUT2D eigenvalue weighted by molar-refractivity contribution is -0.110. The molecule has 0 fully saturated rings. The first-order valence-electron chi connectivity index (χ1n) is 1.91. The summed E-state index contributed by atoms with van der Waals surface area (Å²) < 4.78 is -0.150. The van der Waals surface area contributed by atoms with Crippen LogP contribution >= 0.6 is 55.1 Å². The van der Waals surface area contributed by atoms with Crippen LogP contribution in [-0.4, -0.2) is 10.5 Å². The summed E-state index contributed by atoms with van der Waals surface area (Å²) in [6.07, 6.45) is 0. The molecular weight excluding hydrogens is 311 g/mol. The Kier molecular flexibility index (Phi) is 4.77. The Hall–Kier alpha value is 0.620. The Morgan fingerprint density at radius 2 is 1.10 bits per heavy atom.